The van der Waals surface area contributed by atoms with Gasteiger partial charge in [-0.15, -0.1) is 0 Å². The van der Waals surface area contributed by atoms with Crippen LogP contribution in [-0.2, 0) is 19.4 Å². The summed E-state index contributed by atoms with van der Waals surface area (Å²) in [5.41, 5.74) is 2.91. The number of aromatic hydroxyl groups is 1. The second-order valence-electron chi connectivity index (χ2n) is 7.37. The van der Waals surface area contributed by atoms with Crippen LogP contribution in [0.4, 0.5) is 10.2 Å². The van der Waals surface area contributed by atoms with Gasteiger partial charge in [0.15, 0.2) is 0 Å². The van der Waals surface area contributed by atoms with Gasteiger partial charge in [-0.2, -0.15) is 0 Å². The van der Waals surface area contributed by atoms with Crippen LogP contribution >= 0.6 is 0 Å². The molecule has 0 bridgehead atoms. The normalized spacial score (nSPS) is 11.8. The van der Waals surface area contributed by atoms with Crippen LogP contribution in [0.25, 0.3) is 22.3 Å². The molecule has 0 amide bonds. The van der Waals surface area contributed by atoms with E-state index in [-0.39, 0.29) is 39.5 Å². The Kier molecular flexibility index (Phi) is 6.17. The number of oxazole rings is 1. The fraction of sp³-hybridized carbons (Fsp3) is 0.227. The molecule has 4 aromatic heterocycles. The number of nitrogens with zero attached hydrogens (tertiary/aromatic N) is 5. The molecular weight excluding hydrogens is 488 g/mol. The van der Waals surface area contributed by atoms with Gasteiger partial charge < -0.3 is 0 Å². The number of rotatable bonds is 9. The second kappa shape index (κ2) is 9.54. The van der Waals surface area contributed by atoms with Gasteiger partial charge in [0, 0.05) is 0 Å². The molecule has 1 atom stereocenters. The first-order valence-electron chi connectivity index (χ1n) is 10.5. The molecule has 0 fully saturated rings. The molecule has 1 aromatic carbocycles. The van der Waals surface area contributed by atoms with Crippen LogP contribution in [0.1, 0.15) is 17.4 Å². The minimum absolute atomic E-state index is 0.0917. The Hall–Kier alpha value is -3.52. The fourth-order valence-electron chi connectivity index (χ4n) is 3.45. The quantitative estimate of drug-likeness (QED) is 0.204. The van der Waals surface area contributed by atoms with E-state index in [1.54, 1.807) is 0 Å². The van der Waals surface area contributed by atoms with Crippen molar-refractivity contribution in [2.24, 2.45) is 0 Å². The van der Waals surface area contributed by atoms with Crippen molar-refractivity contribution in [3.8, 4) is 6.01 Å². The van der Waals surface area contributed by atoms with E-state index >= 15 is 0 Å². The maximum absolute atomic E-state index is 13.8. The number of fused-ring (bicyclic) bond motifs is 2. The number of para-hydroxylation sites is 2. The van der Waals surface area contributed by atoms with Crippen molar-refractivity contribution in [3.05, 3.63) is 65.8 Å². The van der Waals surface area contributed by atoms with Gasteiger partial charge in [-0.05, 0) is 0 Å². The van der Waals surface area contributed by atoms with Crippen LogP contribution in [0, 0.1) is 5.82 Å². The van der Waals surface area contributed by atoms with Gasteiger partial charge in [-0.25, -0.2) is 0 Å². The third-order valence-corrected chi connectivity index (χ3v) is 7.57. The predicted molar refractivity (Wildman–Crippen MR) is 123 cm³/mol. The number of halogens is 1. The second-order valence-corrected chi connectivity index (χ2v) is 10.5. The Bertz CT molecular complexity index is 1370. The van der Waals surface area contributed by atoms with Crippen molar-refractivity contribution in [3.63, 3.8) is 0 Å². The number of aryl methyl sites for hydroxylation is 2. The summed E-state index contributed by atoms with van der Waals surface area (Å²) >= 11 is -0.195. The number of H-pyrrole nitrogens is 1. The third-order valence-electron chi connectivity index (χ3n) is 5.04. The van der Waals surface area contributed by atoms with E-state index < -0.39 is 11.8 Å². The van der Waals surface area contributed by atoms with Crippen molar-refractivity contribution in [1.82, 2.24) is 29.9 Å². The summed E-state index contributed by atoms with van der Waals surface area (Å²) in [4.78, 5) is 24.4. The Morgan fingerprint density at radius 2 is 1.91 bits per heavy atom. The summed E-state index contributed by atoms with van der Waals surface area (Å²) < 4.78 is 19.6. The summed E-state index contributed by atoms with van der Waals surface area (Å²) in [7, 11) is 0. The molecule has 9 nitrogen and oxygen atoms in total. The van der Waals surface area contributed by atoms with Gasteiger partial charge in [-0.3, -0.25) is 0 Å². The monoisotopic (exact) mass is 509 g/mol. The van der Waals surface area contributed by atoms with E-state index in [1.807, 2.05) is 24.3 Å². The molecule has 33 heavy (non-hydrogen) atoms. The molecular formula is C22H21AsFN7O2. The van der Waals surface area contributed by atoms with E-state index in [1.165, 1.54) is 18.3 Å². The Balaban J connectivity index is 1.18. The van der Waals surface area contributed by atoms with Crippen LogP contribution in [0.3, 0.4) is 0 Å². The van der Waals surface area contributed by atoms with Crippen LogP contribution in [0.2, 0.25) is 10.4 Å². The fourth-order valence-corrected chi connectivity index (χ4v) is 5.66. The number of imidazole rings is 1. The number of aromatic nitrogens is 6. The van der Waals surface area contributed by atoms with Crippen LogP contribution < -0.4 is 5.32 Å². The maximum atomic E-state index is 13.8. The first-order valence-corrected chi connectivity index (χ1v) is 13.5. The molecule has 5 aromatic rings. The summed E-state index contributed by atoms with van der Waals surface area (Å²) in [6, 6.07) is 10.5. The average Bonchev–Trinajstić information content (AvgIpc) is 3.41. The van der Waals surface area contributed by atoms with Gasteiger partial charge in [0.25, 0.3) is 0 Å². The van der Waals surface area contributed by atoms with E-state index in [9.17, 15) is 9.50 Å². The van der Waals surface area contributed by atoms with Gasteiger partial charge in [0.05, 0.1) is 0 Å². The van der Waals surface area contributed by atoms with Gasteiger partial charge in [0.1, 0.15) is 0 Å². The van der Waals surface area contributed by atoms with Crippen molar-refractivity contribution >= 4 is 43.8 Å². The first kappa shape index (κ1) is 21.3. The molecule has 0 saturated carbocycles. The Labute approximate surface area is 194 Å². The van der Waals surface area contributed by atoms with Crippen LogP contribution in [-0.4, -0.2) is 50.8 Å². The third kappa shape index (κ3) is 4.96. The van der Waals surface area contributed by atoms with E-state index in [0.29, 0.717) is 17.8 Å². The molecule has 0 radical (unpaired) electrons. The molecule has 3 N–H and O–H groups in total. The zero-order valence-electron chi connectivity index (χ0n) is 17.5. The zero-order chi connectivity index (χ0) is 22.6. The van der Waals surface area contributed by atoms with E-state index in [2.05, 4.69) is 35.2 Å². The topological polar surface area (TPSA) is 126 Å². The minimum atomic E-state index is -0.437. The predicted octanol–water partition coefficient (Wildman–Crippen LogP) is 3.40. The SMILES string of the molecule is Oc1nc(NCc2ncccc2F)c2nc(CC[AsH]CCc3nc4ccccc4[nH]3)oc2n1. The van der Waals surface area contributed by atoms with Gasteiger partial charge in [0.2, 0.25) is 0 Å². The molecule has 168 valence electrons. The first-order chi connectivity index (χ1) is 16.2. The van der Waals surface area contributed by atoms with Crippen molar-refractivity contribution in [2.45, 2.75) is 29.8 Å². The van der Waals surface area contributed by atoms with Crippen molar-refractivity contribution in [1.29, 1.82) is 0 Å². The Morgan fingerprint density at radius 1 is 1.03 bits per heavy atom. The summed E-state index contributed by atoms with van der Waals surface area (Å²) in [6.07, 6.45) is 3.13. The molecule has 1 unspecified atom stereocenters. The number of hydrogen-bond acceptors (Lipinski definition) is 8. The number of nitrogens with one attached hydrogen (secondary N) is 2. The van der Waals surface area contributed by atoms with Crippen molar-refractivity contribution < 1.29 is 13.9 Å². The molecule has 0 aliphatic carbocycles. The number of aromatic amines is 1. The summed E-state index contributed by atoms with van der Waals surface area (Å²) in [5.74, 6) is 1.42. The summed E-state index contributed by atoms with van der Waals surface area (Å²) in [6.45, 7) is 0.0917. The Morgan fingerprint density at radius 3 is 2.79 bits per heavy atom. The molecule has 5 rings (SSSR count). The van der Waals surface area contributed by atoms with Gasteiger partial charge in [-0.1, -0.05) is 0 Å². The molecule has 4 heterocycles. The number of hydrogen-bond donors (Lipinski definition) is 3. The molecule has 0 aliphatic rings. The summed E-state index contributed by atoms with van der Waals surface area (Å²) in [5, 5.41) is 14.9. The zero-order valence-corrected chi connectivity index (χ0v) is 19.6. The number of pyridine rings is 1. The van der Waals surface area contributed by atoms with Gasteiger partial charge >= 0.3 is 195 Å². The molecule has 11 heteroatoms. The number of benzene rings is 1. The van der Waals surface area contributed by atoms with Crippen molar-refractivity contribution in [2.75, 3.05) is 5.32 Å². The standard InChI is InChI=1S/C22H21AsFN7O2/c24-13-4-3-11-25-16(13)12-26-20-19-21(31-22(32)30-20)33-18(29-19)8-10-23-9-7-17-27-14-5-1-2-6-15(14)28-17/h1-6,11,23H,7-10,12H2,(H,27,28)(H2,26,30,31,32). The van der Waals surface area contributed by atoms with Crippen LogP contribution in [0.5, 0.6) is 6.01 Å². The van der Waals surface area contributed by atoms with E-state index in [0.717, 1.165) is 33.7 Å². The van der Waals surface area contributed by atoms with Crippen LogP contribution in [0.15, 0.2) is 47.0 Å². The average molecular weight is 509 g/mol. The molecule has 0 aliphatic heterocycles. The molecule has 0 saturated heterocycles. The number of anilines is 1. The van der Waals surface area contributed by atoms with E-state index in [4.69, 9.17) is 4.42 Å². The molecule has 0 spiro atoms.